The maximum Gasteiger partial charge on any atom is 0.416 e. The third-order valence-corrected chi connectivity index (χ3v) is 4.44. The van der Waals surface area contributed by atoms with Crippen molar-refractivity contribution < 1.29 is 13.2 Å². The van der Waals surface area contributed by atoms with Crippen molar-refractivity contribution in [2.24, 2.45) is 0 Å². The molecule has 136 valence electrons. The molecular weight excluding hydrogens is 353 g/mol. The van der Waals surface area contributed by atoms with Gasteiger partial charge in [0.05, 0.1) is 39.1 Å². The molecule has 1 N–H and O–H groups in total. The number of halogens is 3. The molecule has 27 heavy (non-hydrogen) atoms. The lowest BCUT2D eigenvalue weighted by molar-refractivity contribution is -0.137. The number of hydrogen-bond donors (Lipinski definition) is 1. The van der Waals surface area contributed by atoms with Crippen LogP contribution in [0.25, 0.3) is 21.9 Å². The SMILES string of the molecule is Cc1nc2ccc3nccc(Nc4ccc(C(F)(F)F)cc4)c3c2nc1C. The molecule has 0 unspecified atom stereocenters. The predicted molar refractivity (Wildman–Crippen MR) is 99.0 cm³/mol. The molecule has 7 heteroatoms. The van der Waals surface area contributed by atoms with Crippen molar-refractivity contribution in [1.29, 1.82) is 0 Å². The largest absolute Gasteiger partial charge is 0.416 e. The average Bonchev–Trinajstić information content (AvgIpc) is 2.62. The molecule has 2 heterocycles. The van der Waals surface area contributed by atoms with Crippen LogP contribution in [0.2, 0.25) is 0 Å². The lowest BCUT2D eigenvalue weighted by Gasteiger charge is -2.13. The van der Waals surface area contributed by atoms with Gasteiger partial charge in [0.25, 0.3) is 0 Å². The van der Waals surface area contributed by atoms with Crippen LogP contribution in [-0.4, -0.2) is 15.0 Å². The van der Waals surface area contributed by atoms with Gasteiger partial charge in [-0.25, -0.2) is 9.97 Å². The number of nitrogens with one attached hydrogen (secondary N) is 1. The topological polar surface area (TPSA) is 50.7 Å². The van der Waals surface area contributed by atoms with Gasteiger partial charge in [-0.05, 0) is 56.3 Å². The Balaban J connectivity index is 1.84. The molecular formula is C20H15F3N4. The molecule has 0 spiro atoms. The Hall–Kier alpha value is -3.22. The molecule has 0 aliphatic carbocycles. The smallest absolute Gasteiger partial charge is 0.355 e. The quantitative estimate of drug-likeness (QED) is 0.471. The van der Waals surface area contributed by atoms with E-state index in [9.17, 15) is 13.2 Å². The van der Waals surface area contributed by atoms with Gasteiger partial charge >= 0.3 is 6.18 Å². The molecule has 0 fully saturated rings. The highest BCUT2D eigenvalue weighted by atomic mass is 19.4. The molecule has 0 aliphatic heterocycles. The number of alkyl halides is 3. The summed E-state index contributed by atoms with van der Waals surface area (Å²) in [6.45, 7) is 3.79. The summed E-state index contributed by atoms with van der Waals surface area (Å²) >= 11 is 0. The van der Waals surface area contributed by atoms with E-state index in [4.69, 9.17) is 0 Å². The van der Waals surface area contributed by atoms with Gasteiger partial charge in [0.15, 0.2) is 0 Å². The van der Waals surface area contributed by atoms with E-state index in [0.29, 0.717) is 16.9 Å². The average molecular weight is 368 g/mol. The normalized spacial score (nSPS) is 11.9. The van der Waals surface area contributed by atoms with Crippen molar-refractivity contribution in [3.63, 3.8) is 0 Å². The zero-order chi connectivity index (χ0) is 19.2. The minimum atomic E-state index is -4.36. The predicted octanol–water partition coefficient (Wildman–Crippen LogP) is 5.56. The molecule has 0 atom stereocenters. The van der Waals surface area contributed by atoms with Crippen LogP contribution in [-0.2, 0) is 6.18 Å². The lowest BCUT2D eigenvalue weighted by Crippen LogP contribution is -2.04. The second kappa shape index (κ2) is 6.19. The molecule has 0 bridgehead atoms. The van der Waals surface area contributed by atoms with E-state index in [-0.39, 0.29) is 0 Å². The highest BCUT2D eigenvalue weighted by Crippen LogP contribution is 2.33. The molecule has 4 nitrogen and oxygen atoms in total. The standard InChI is InChI=1S/C20H15F3N4/c1-11-12(2)26-19-17(25-11)8-7-15-18(19)16(9-10-24-15)27-14-5-3-13(4-6-14)20(21,22)23/h3-10H,1-2H3,(H,24,27). The maximum atomic E-state index is 12.8. The number of fused-ring (bicyclic) bond motifs is 3. The number of nitrogens with zero attached hydrogens (tertiary/aromatic N) is 3. The fourth-order valence-corrected chi connectivity index (χ4v) is 2.93. The summed E-state index contributed by atoms with van der Waals surface area (Å²) in [6, 6.07) is 10.4. The molecule has 0 saturated heterocycles. The van der Waals surface area contributed by atoms with Crippen LogP contribution < -0.4 is 5.32 Å². The number of hydrogen-bond acceptors (Lipinski definition) is 4. The third-order valence-electron chi connectivity index (χ3n) is 4.44. The molecule has 2 aromatic heterocycles. The fraction of sp³-hybridized carbons (Fsp3) is 0.150. The number of aromatic nitrogens is 3. The Morgan fingerprint density at radius 1 is 0.815 bits per heavy atom. The van der Waals surface area contributed by atoms with E-state index in [1.54, 1.807) is 12.3 Å². The fourth-order valence-electron chi connectivity index (χ4n) is 2.93. The summed E-state index contributed by atoms with van der Waals surface area (Å²) in [7, 11) is 0. The van der Waals surface area contributed by atoms with Crippen molar-refractivity contribution in [2.45, 2.75) is 20.0 Å². The number of pyridine rings is 1. The van der Waals surface area contributed by atoms with Crippen molar-refractivity contribution in [2.75, 3.05) is 5.32 Å². The third kappa shape index (κ3) is 3.16. The Morgan fingerprint density at radius 2 is 1.48 bits per heavy atom. The van der Waals surface area contributed by atoms with E-state index in [1.165, 1.54) is 12.1 Å². The van der Waals surface area contributed by atoms with E-state index < -0.39 is 11.7 Å². The van der Waals surface area contributed by atoms with Gasteiger partial charge in [0.2, 0.25) is 0 Å². The van der Waals surface area contributed by atoms with Crippen LogP contribution >= 0.6 is 0 Å². The summed E-state index contributed by atoms with van der Waals surface area (Å²) in [6.07, 6.45) is -2.71. The van der Waals surface area contributed by atoms with Crippen molar-refractivity contribution >= 4 is 33.3 Å². The number of anilines is 2. The van der Waals surface area contributed by atoms with Crippen LogP contribution in [0.1, 0.15) is 17.0 Å². The summed E-state index contributed by atoms with van der Waals surface area (Å²) in [5.41, 5.74) is 4.42. The summed E-state index contributed by atoms with van der Waals surface area (Å²) in [4.78, 5) is 13.6. The van der Waals surface area contributed by atoms with Crippen LogP contribution in [0.4, 0.5) is 24.5 Å². The molecule has 0 aliphatic rings. The van der Waals surface area contributed by atoms with Crippen molar-refractivity contribution in [3.05, 3.63) is 65.6 Å². The minimum absolute atomic E-state index is 0.546. The molecule has 0 amide bonds. The maximum absolute atomic E-state index is 12.8. The first-order valence-corrected chi connectivity index (χ1v) is 8.30. The Labute approximate surface area is 153 Å². The molecule has 0 radical (unpaired) electrons. The van der Waals surface area contributed by atoms with E-state index in [1.807, 2.05) is 26.0 Å². The second-order valence-electron chi connectivity index (χ2n) is 6.28. The molecule has 4 aromatic rings. The highest BCUT2D eigenvalue weighted by Gasteiger charge is 2.29. The Bertz CT molecular complexity index is 1150. The van der Waals surface area contributed by atoms with E-state index >= 15 is 0 Å². The second-order valence-corrected chi connectivity index (χ2v) is 6.28. The Morgan fingerprint density at radius 3 is 2.19 bits per heavy atom. The minimum Gasteiger partial charge on any atom is -0.355 e. The van der Waals surface area contributed by atoms with Gasteiger partial charge in [0.1, 0.15) is 5.52 Å². The van der Waals surface area contributed by atoms with Crippen LogP contribution in [0.5, 0.6) is 0 Å². The van der Waals surface area contributed by atoms with Gasteiger partial charge in [-0.2, -0.15) is 13.2 Å². The number of benzene rings is 2. The number of rotatable bonds is 2. The van der Waals surface area contributed by atoms with Crippen molar-refractivity contribution in [1.82, 2.24) is 15.0 Å². The van der Waals surface area contributed by atoms with E-state index in [0.717, 1.165) is 39.9 Å². The van der Waals surface area contributed by atoms with Crippen LogP contribution in [0.15, 0.2) is 48.7 Å². The molecule has 2 aromatic carbocycles. The zero-order valence-corrected chi connectivity index (χ0v) is 14.6. The van der Waals surface area contributed by atoms with Crippen LogP contribution in [0, 0.1) is 13.8 Å². The Kier molecular flexibility index (Phi) is 3.95. The van der Waals surface area contributed by atoms with Crippen molar-refractivity contribution in [3.8, 4) is 0 Å². The monoisotopic (exact) mass is 368 g/mol. The zero-order valence-electron chi connectivity index (χ0n) is 14.6. The van der Waals surface area contributed by atoms with Crippen LogP contribution in [0.3, 0.4) is 0 Å². The summed E-state index contributed by atoms with van der Waals surface area (Å²) in [5.74, 6) is 0. The summed E-state index contributed by atoms with van der Waals surface area (Å²) in [5, 5.41) is 3.96. The number of aryl methyl sites for hydroxylation is 2. The lowest BCUT2D eigenvalue weighted by atomic mass is 10.1. The first-order chi connectivity index (χ1) is 12.8. The van der Waals surface area contributed by atoms with Gasteiger partial charge in [-0.1, -0.05) is 0 Å². The first kappa shape index (κ1) is 17.2. The first-order valence-electron chi connectivity index (χ1n) is 8.30. The van der Waals surface area contributed by atoms with E-state index in [2.05, 4.69) is 20.3 Å². The van der Waals surface area contributed by atoms with Gasteiger partial charge in [-0.3, -0.25) is 4.98 Å². The van der Waals surface area contributed by atoms with Gasteiger partial charge < -0.3 is 5.32 Å². The van der Waals surface area contributed by atoms with Gasteiger partial charge in [0, 0.05) is 11.9 Å². The van der Waals surface area contributed by atoms with Gasteiger partial charge in [-0.15, -0.1) is 0 Å². The highest BCUT2D eigenvalue weighted by molar-refractivity contribution is 6.09. The molecule has 4 rings (SSSR count). The molecule has 0 saturated carbocycles. The summed E-state index contributed by atoms with van der Waals surface area (Å²) < 4.78 is 38.3.